The number of amides is 1. The molecule has 7 nitrogen and oxygen atoms in total. The fourth-order valence-electron chi connectivity index (χ4n) is 3.38. The van der Waals surface area contributed by atoms with Crippen LogP contribution in [-0.4, -0.2) is 52.0 Å². The molecule has 4 rings (SSSR count). The molecule has 2 aromatic heterocycles. The molecule has 1 aliphatic heterocycles. The summed E-state index contributed by atoms with van der Waals surface area (Å²) < 4.78 is 5.77. The number of nitrogens with zero attached hydrogens (tertiary/aromatic N) is 3. The first kappa shape index (κ1) is 19.4. The maximum Gasteiger partial charge on any atom is 0.257 e. The first-order valence-corrected chi connectivity index (χ1v) is 9.87. The number of anilines is 1. The Morgan fingerprint density at radius 2 is 2.24 bits per heavy atom. The maximum absolute atomic E-state index is 12.6. The second-order valence-corrected chi connectivity index (χ2v) is 7.48. The van der Waals surface area contributed by atoms with Crippen molar-refractivity contribution in [3.63, 3.8) is 0 Å². The van der Waals surface area contributed by atoms with Crippen molar-refractivity contribution >= 4 is 23.2 Å². The maximum atomic E-state index is 12.6. The number of aromatic amines is 1. The summed E-state index contributed by atoms with van der Waals surface area (Å²) in [4.78, 5) is 26.2. The lowest BCUT2D eigenvalue weighted by Crippen LogP contribution is -2.30. The predicted molar refractivity (Wildman–Crippen MR) is 112 cm³/mol. The van der Waals surface area contributed by atoms with Crippen LogP contribution in [0.2, 0.25) is 5.02 Å². The quantitative estimate of drug-likeness (QED) is 0.643. The van der Waals surface area contributed by atoms with Crippen LogP contribution in [0.4, 0.5) is 5.69 Å². The third-order valence-electron chi connectivity index (χ3n) is 5.09. The van der Waals surface area contributed by atoms with Crippen molar-refractivity contribution in [3.8, 4) is 17.1 Å². The minimum absolute atomic E-state index is 0.255. The molecule has 1 aromatic carbocycles. The van der Waals surface area contributed by atoms with Crippen LogP contribution in [0.25, 0.3) is 11.3 Å². The molecule has 3 heterocycles. The monoisotopic (exact) mass is 411 g/mol. The number of ether oxygens (including phenoxy) is 1. The molecule has 0 radical (unpaired) electrons. The lowest BCUT2D eigenvalue weighted by molar-refractivity contribution is 0.102. The molecule has 2 N–H and O–H groups in total. The topological polar surface area (TPSA) is 83.1 Å². The van der Waals surface area contributed by atoms with Gasteiger partial charge in [0.25, 0.3) is 5.91 Å². The highest BCUT2D eigenvalue weighted by Gasteiger charge is 2.21. The summed E-state index contributed by atoms with van der Waals surface area (Å²) in [5.74, 6) is 0.268. The number of carbonyl (C=O) groups is 1. The van der Waals surface area contributed by atoms with E-state index < -0.39 is 0 Å². The van der Waals surface area contributed by atoms with Crippen LogP contribution in [0.3, 0.4) is 0 Å². The van der Waals surface area contributed by atoms with Crippen molar-refractivity contribution < 1.29 is 9.53 Å². The summed E-state index contributed by atoms with van der Waals surface area (Å²) in [6, 6.07) is 9.13. The first-order chi connectivity index (χ1) is 14.1. The van der Waals surface area contributed by atoms with Crippen molar-refractivity contribution in [2.45, 2.75) is 18.9 Å². The number of hydrogen-bond acceptors (Lipinski definition) is 5. The number of hydrogen-bond donors (Lipinski definition) is 2. The van der Waals surface area contributed by atoms with E-state index >= 15 is 0 Å². The summed E-state index contributed by atoms with van der Waals surface area (Å²) in [6.45, 7) is 1.71. The van der Waals surface area contributed by atoms with Gasteiger partial charge in [0.15, 0.2) is 0 Å². The van der Waals surface area contributed by atoms with Gasteiger partial charge >= 0.3 is 0 Å². The molecule has 0 spiro atoms. The van der Waals surface area contributed by atoms with Crippen molar-refractivity contribution in [2.24, 2.45) is 0 Å². The van der Waals surface area contributed by atoms with Gasteiger partial charge in [0.1, 0.15) is 6.61 Å². The Morgan fingerprint density at radius 3 is 2.93 bits per heavy atom. The SMILES string of the molecule is CN1CCC[C@H]1COc1ccc(C(=O)Nc2ccc(Cl)c(-c3c[nH]cn3)c2)cn1. The molecule has 1 fully saturated rings. The van der Waals surface area contributed by atoms with Gasteiger partial charge in [0.2, 0.25) is 5.88 Å². The number of H-pyrrole nitrogens is 1. The minimum atomic E-state index is -0.255. The number of pyridine rings is 1. The fourth-order valence-corrected chi connectivity index (χ4v) is 3.60. The van der Waals surface area contributed by atoms with E-state index in [1.165, 1.54) is 12.6 Å². The van der Waals surface area contributed by atoms with Gasteiger partial charge in [-0.05, 0) is 50.7 Å². The third-order valence-corrected chi connectivity index (χ3v) is 5.42. The molecule has 8 heteroatoms. The number of likely N-dealkylation sites (tertiary alicyclic amines) is 1. The van der Waals surface area contributed by atoms with E-state index in [9.17, 15) is 4.79 Å². The molecule has 3 aromatic rings. The van der Waals surface area contributed by atoms with Gasteiger partial charge in [-0.1, -0.05) is 11.6 Å². The summed E-state index contributed by atoms with van der Waals surface area (Å²) in [6.07, 6.45) is 7.19. The number of aromatic nitrogens is 3. The standard InChI is InChI=1S/C21H22ClN5O2/c1-27-8-2-3-16(27)12-29-20-7-4-14(10-24-20)21(28)26-15-5-6-18(22)17(9-15)19-11-23-13-25-19/h4-7,9-11,13,16H,2-3,8,12H2,1H3,(H,23,25)(H,26,28)/t16-/m0/s1. The second kappa shape index (κ2) is 8.63. The van der Waals surface area contributed by atoms with Crippen molar-refractivity contribution in [3.05, 3.63) is 59.6 Å². The highest BCUT2D eigenvalue weighted by atomic mass is 35.5. The van der Waals surface area contributed by atoms with Crippen LogP contribution in [0, 0.1) is 0 Å². The molecule has 0 unspecified atom stereocenters. The van der Waals surface area contributed by atoms with Gasteiger partial charge in [-0.15, -0.1) is 0 Å². The smallest absolute Gasteiger partial charge is 0.257 e. The van der Waals surface area contributed by atoms with Crippen molar-refractivity contribution in [2.75, 3.05) is 25.5 Å². The minimum Gasteiger partial charge on any atom is -0.476 e. The predicted octanol–water partition coefficient (Wildman–Crippen LogP) is 3.85. The van der Waals surface area contributed by atoms with Crippen LogP contribution < -0.4 is 10.1 Å². The zero-order chi connectivity index (χ0) is 20.2. The largest absolute Gasteiger partial charge is 0.476 e. The Hall–Kier alpha value is -2.90. The molecule has 0 saturated carbocycles. The lowest BCUT2D eigenvalue weighted by atomic mass is 10.1. The van der Waals surface area contributed by atoms with E-state index in [-0.39, 0.29) is 5.91 Å². The molecule has 29 heavy (non-hydrogen) atoms. The molecule has 0 bridgehead atoms. The molecule has 1 aliphatic rings. The van der Waals surface area contributed by atoms with Crippen LogP contribution >= 0.6 is 11.6 Å². The Balaban J connectivity index is 1.39. The summed E-state index contributed by atoms with van der Waals surface area (Å²) >= 11 is 6.25. The zero-order valence-corrected chi connectivity index (χ0v) is 16.8. The van der Waals surface area contributed by atoms with Gasteiger partial charge < -0.3 is 19.9 Å². The van der Waals surface area contributed by atoms with Crippen molar-refractivity contribution in [1.29, 1.82) is 0 Å². The lowest BCUT2D eigenvalue weighted by Gasteiger charge is -2.19. The molecule has 150 valence electrons. The van der Waals surface area contributed by atoms with Gasteiger partial charge in [-0.2, -0.15) is 0 Å². The molecular formula is C21H22ClN5O2. The molecular weight excluding hydrogens is 390 g/mol. The van der Waals surface area contributed by atoms with Crippen LogP contribution in [0.1, 0.15) is 23.2 Å². The molecule has 1 amide bonds. The normalized spacial score (nSPS) is 16.7. The van der Waals surface area contributed by atoms with Crippen LogP contribution in [0.15, 0.2) is 49.1 Å². The molecule has 1 saturated heterocycles. The zero-order valence-electron chi connectivity index (χ0n) is 16.1. The van der Waals surface area contributed by atoms with E-state index in [2.05, 4.69) is 32.2 Å². The van der Waals surface area contributed by atoms with Gasteiger partial charge in [0.05, 0.1) is 22.6 Å². The summed E-state index contributed by atoms with van der Waals surface area (Å²) in [5.41, 5.74) is 2.53. The summed E-state index contributed by atoms with van der Waals surface area (Å²) in [5, 5.41) is 3.43. The van der Waals surface area contributed by atoms with Gasteiger partial charge in [-0.25, -0.2) is 9.97 Å². The van der Waals surface area contributed by atoms with Crippen LogP contribution in [-0.2, 0) is 0 Å². The van der Waals surface area contributed by atoms with E-state index in [4.69, 9.17) is 16.3 Å². The molecule has 1 atom stereocenters. The average molecular weight is 412 g/mol. The van der Waals surface area contributed by atoms with Gasteiger partial charge in [0, 0.05) is 35.8 Å². The summed E-state index contributed by atoms with van der Waals surface area (Å²) in [7, 11) is 2.11. The number of benzene rings is 1. The average Bonchev–Trinajstić information content (AvgIpc) is 3.40. The highest BCUT2D eigenvalue weighted by molar-refractivity contribution is 6.33. The van der Waals surface area contributed by atoms with Gasteiger partial charge in [-0.3, -0.25) is 4.79 Å². The van der Waals surface area contributed by atoms with E-state index in [1.54, 1.807) is 42.9 Å². The Kier molecular flexibility index (Phi) is 5.78. The Bertz CT molecular complexity index is 975. The highest BCUT2D eigenvalue weighted by Crippen LogP contribution is 2.29. The van der Waals surface area contributed by atoms with Crippen molar-refractivity contribution in [1.82, 2.24) is 19.9 Å². The number of nitrogens with one attached hydrogen (secondary N) is 2. The van der Waals surface area contributed by atoms with Crippen LogP contribution in [0.5, 0.6) is 5.88 Å². The Labute approximate surface area is 174 Å². The number of carbonyl (C=O) groups excluding carboxylic acids is 1. The molecule has 0 aliphatic carbocycles. The Morgan fingerprint density at radius 1 is 1.34 bits per heavy atom. The number of imidazole rings is 1. The number of halogens is 1. The van der Waals surface area contributed by atoms with E-state index in [1.807, 2.05) is 0 Å². The number of rotatable bonds is 6. The first-order valence-electron chi connectivity index (χ1n) is 9.49. The van der Waals surface area contributed by atoms with E-state index in [0.29, 0.717) is 40.5 Å². The van der Waals surface area contributed by atoms with E-state index in [0.717, 1.165) is 18.5 Å². The second-order valence-electron chi connectivity index (χ2n) is 7.08. The fraction of sp³-hybridized carbons (Fsp3) is 0.286. The third kappa shape index (κ3) is 4.58. The number of likely N-dealkylation sites (N-methyl/N-ethyl adjacent to an activating group) is 1.